The number of nitrogens with zero attached hydrogens (tertiary/aromatic N) is 3. The first-order valence-corrected chi connectivity index (χ1v) is 5.93. The quantitative estimate of drug-likeness (QED) is 0.779. The lowest BCUT2D eigenvalue weighted by molar-refractivity contribution is 0.282. The Kier molecular flexibility index (Phi) is 2.89. The van der Waals surface area contributed by atoms with E-state index in [0.29, 0.717) is 17.4 Å². The second kappa shape index (κ2) is 4.70. The molecule has 0 aliphatic rings. The van der Waals surface area contributed by atoms with Crippen LogP contribution in [0.5, 0.6) is 0 Å². The fraction of sp³-hybridized carbons (Fsp3) is 0.143. The van der Waals surface area contributed by atoms with Crippen LogP contribution in [0, 0.1) is 0 Å². The van der Waals surface area contributed by atoms with Crippen molar-refractivity contribution in [2.75, 3.05) is 0 Å². The van der Waals surface area contributed by atoms with E-state index in [0.717, 1.165) is 11.1 Å². The third kappa shape index (κ3) is 2.04. The molecule has 0 saturated carbocycles. The topological polar surface area (TPSA) is 64.1 Å². The van der Waals surface area contributed by atoms with Gasteiger partial charge in [0.15, 0.2) is 11.6 Å². The zero-order valence-electron chi connectivity index (χ0n) is 10.4. The van der Waals surface area contributed by atoms with E-state index in [1.165, 1.54) is 0 Å². The fourth-order valence-electron chi connectivity index (χ4n) is 2.01. The maximum absolute atomic E-state index is 9.39. The molecule has 3 aromatic rings. The lowest BCUT2D eigenvalue weighted by atomic mass is 10.1. The van der Waals surface area contributed by atoms with Gasteiger partial charge < -0.3 is 9.52 Å². The van der Waals surface area contributed by atoms with E-state index in [2.05, 4.69) is 10.1 Å². The van der Waals surface area contributed by atoms with E-state index in [-0.39, 0.29) is 6.61 Å². The lowest BCUT2D eigenvalue weighted by Crippen LogP contribution is -1.97. The minimum absolute atomic E-state index is 0.0287. The number of rotatable bonds is 3. The van der Waals surface area contributed by atoms with E-state index >= 15 is 0 Å². The van der Waals surface area contributed by atoms with Crippen molar-refractivity contribution in [3.63, 3.8) is 0 Å². The highest BCUT2D eigenvalue weighted by atomic mass is 16.3. The first-order valence-electron chi connectivity index (χ1n) is 5.93. The lowest BCUT2D eigenvalue weighted by Gasteiger charge is -2.05. The van der Waals surface area contributed by atoms with E-state index in [4.69, 9.17) is 4.42 Å². The highest BCUT2D eigenvalue weighted by Crippen LogP contribution is 2.24. The van der Waals surface area contributed by atoms with Crippen LogP contribution in [0.15, 0.2) is 47.1 Å². The minimum atomic E-state index is -0.0287. The van der Waals surface area contributed by atoms with Gasteiger partial charge in [0, 0.05) is 12.6 Å². The fourth-order valence-corrected chi connectivity index (χ4v) is 2.01. The summed E-state index contributed by atoms with van der Waals surface area (Å²) in [5, 5.41) is 13.7. The molecule has 2 heterocycles. The Balaban J connectivity index is 2.11. The van der Waals surface area contributed by atoms with Gasteiger partial charge >= 0.3 is 0 Å². The van der Waals surface area contributed by atoms with Gasteiger partial charge in [0.2, 0.25) is 5.82 Å². The molecule has 3 rings (SSSR count). The number of aryl methyl sites for hydroxylation is 1. The molecule has 0 bridgehead atoms. The molecule has 2 aromatic heterocycles. The standard InChI is InChI=1S/C14H13N3O2/c1-17-14(11-6-3-2-5-10(11)9-18)15-13(16-17)12-7-4-8-19-12/h2-8,18H,9H2,1H3. The Morgan fingerprint density at radius 3 is 2.79 bits per heavy atom. The molecular weight excluding hydrogens is 242 g/mol. The Morgan fingerprint density at radius 2 is 2.05 bits per heavy atom. The minimum Gasteiger partial charge on any atom is -0.461 e. The Hall–Kier alpha value is -2.40. The number of aliphatic hydroxyl groups is 1. The summed E-state index contributed by atoms with van der Waals surface area (Å²) in [4.78, 5) is 4.48. The summed E-state index contributed by atoms with van der Waals surface area (Å²) in [5.74, 6) is 1.87. The summed E-state index contributed by atoms with van der Waals surface area (Å²) in [7, 11) is 1.82. The van der Waals surface area contributed by atoms with Crippen molar-refractivity contribution in [1.29, 1.82) is 0 Å². The van der Waals surface area contributed by atoms with E-state index < -0.39 is 0 Å². The number of hydrogen-bond acceptors (Lipinski definition) is 4. The third-order valence-corrected chi connectivity index (χ3v) is 2.93. The van der Waals surface area contributed by atoms with Gasteiger partial charge in [-0.2, -0.15) is 0 Å². The Bertz CT molecular complexity index is 687. The van der Waals surface area contributed by atoms with Crippen molar-refractivity contribution in [2.45, 2.75) is 6.61 Å². The van der Waals surface area contributed by atoms with Crippen LogP contribution in [0.2, 0.25) is 0 Å². The molecule has 1 N–H and O–H groups in total. The number of aromatic nitrogens is 3. The summed E-state index contributed by atoms with van der Waals surface area (Å²) in [6.45, 7) is -0.0287. The third-order valence-electron chi connectivity index (χ3n) is 2.93. The van der Waals surface area contributed by atoms with E-state index in [1.807, 2.05) is 37.4 Å². The first kappa shape index (κ1) is 11.7. The number of aliphatic hydroxyl groups excluding tert-OH is 1. The van der Waals surface area contributed by atoms with Crippen LogP contribution in [-0.4, -0.2) is 19.9 Å². The van der Waals surface area contributed by atoms with Gasteiger partial charge in [-0.05, 0) is 17.7 Å². The molecule has 1 aromatic carbocycles. The van der Waals surface area contributed by atoms with Crippen molar-refractivity contribution < 1.29 is 9.52 Å². The maximum Gasteiger partial charge on any atom is 0.217 e. The molecule has 0 amide bonds. The maximum atomic E-state index is 9.39. The molecule has 5 nitrogen and oxygen atoms in total. The average molecular weight is 255 g/mol. The molecule has 5 heteroatoms. The normalized spacial score (nSPS) is 10.8. The first-order chi connectivity index (χ1) is 9.29. The molecule has 0 atom stereocenters. The molecule has 0 saturated heterocycles. The molecule has 0 radical (unpaired) electrons. The van der Waals surface area contributed by atoms with Gasteiger partial charge in [0.1, 0.15) is 0 Å². The van der Waals surface area contributed by atoms with Crippen molar-refractivity contribution in [3.8, 4) is 23.0 Å². The zero-order valence-corrected chi connectivity index (χ0v) is 10.4. The molecule has 0 aliphatic carbocycles. The highest BCUT2D eigenvalue weighted by molar-refractivity contribution is 5.62. The second-order valence-electron chi connectivity index (χ2n) is 4.18. The summed E-state index contributed by atoms with van der Waals surface area (Å²) in [6.07, 6.45) is 1.59. The summed E-state index contributed by atoms with van der Waals surface area (Å²) >= 11 is 0. The summed E-state index contributed by atoms with van der Waals surface area (Å²) in [6, 6.07) is 11.2. The SMILES string of the molecule is Cn1nc(-c2ccco2)nc1-c1ccccc1CO. The molecule has 0 unspecified atom stereocenters. The van der Waals surface area contributed by atoms with Crippen LogP contribution in [0.3, 0.4) is 0 Å². The molecule has 96 valence electrons. The van der Waals surface area contributed by atoms with Crippen molar-refractivity contribution in [3.05, 3.63) is 48.2 Å². The van der Waals surface area contributed by atoms with Gasteiger partial charge in [0.25, 0.3) is 0 Å². The van der Waals surface area contributed by atoms with Crippen molar-refractivity contribution in [1.82, 2.24) is 14.8 Å². The van der Waals surface area contributed by atoms with Crippen LogP contribution < -0.4 is 0 Å². The molecule has 0 spiro atoms. The van der Waals surface area contributed by atoms with E-state index in [9.17, 15) is 5.11 Å². The second-order valence-corrected chi connectivity index (χ2v) is 4.18. The molecule has 0 fully saturated rings. The van der Waals surface area contributed by atoms with Crippen molar-refractivity contribution in [2.24, 2.45) is 7.05 Å². The van der Waals surface area contributed by atoms with E-state index in [1.54, 1.807) is 17.0 Å². The van der Waals surface area contributed by atoms with Crippen LogP contribution in [-0.2, 0) is 13.7 Å². The monoisotopic (exact) mass is 255 g/mol. The number of furan rings is 1. The smallest absolute Gasteiger partial charge is 0.217 e. The Morgan fingerprint density at radius 1 is 1.21 bits per heavy atom. The van der Waals surface area contributed by atoms with Crippen LogP contribution in [0.4, 0.5) is 0 Å². The summed E-state index contributed by atoms with van der Waals surface area (Å²) in [5.41, 5.74) is 1.70. The van der Waals surface area contributed by atoms with Gasteiger partial charge in [0.05, 0.1) is 12.9 Å². The number of benzene rings is 1. The summed E-state index contributed by atoms with van der Waals surface area (Å²) < 4.78 is 6.98. The Labute approximate surface area is 110 Å². The molecule has 0 aliphatic heterocycles. The predicted octanol–water partition coefficient (Wildman–Crippen LogP) is 2.23. The van der Waals surface area contributed by atoms with Crippen molar-refractivity contribution >= 4 is 0 Å². The van der Waals surface area contributed by atoms with Crippen LogP contribution >= 0.6 is 0 Å². The van der Waals surface area contributed by atoms with Gasteiger partial charge in [-0.1, -0.05) is 24.3 Å². The van der Waals surface area contributed by atoms with Gasteiger partial charge in [-0.25, -0.2) is 9.67 Å². The number of hydrogen-bond donors (Lipinski definition) is 1. The zero-order chi connectivity index (χ0) is 13.2. The van der Waals surface area contributed by atoms with Gasteiger partial charge in [-0.15, -0.1) is 5.10 Å². The average Bonchev–Trinajstić information content (AvgIpc) is 3.07. The highest BCUT2D eigenvalue weighted by Gasteiger charge is 2.14. The van der Waals surface area contributed by atoms with Gasteiger partial charge in [-0.3, -0.25) is 0 Å². The largest absolute Gasteiger partial charge is 0.461 e. The van der Waals surface area contributed by atoms with Crippen LogP contribution in [0.25, 0.3) is 23.0 Å². The predicted molar refractivity (Wildman–Crippen MR) is 70.1 cm³/mol. The van der Waals surface area contributed by atoms with Crippen LogP contribution in [0.1, 0.15) is 5.56 Å². The molecule has 19 heavy (non-hydrogen) atoms. The molecular formula is C14H13N3O2.